The number of carbonyl (C=O) groups is 2. The Kier molecular flexibility index (Phi) is 13.1. The number of thioether (sulfide) groups is 1. The molecule has 1 heterocycles. The largest absolute Gasteiger partial charge is 0.397 e. The van der Waals surface area contributed by atoms with Gasteiger partial charge in [-0.05, 0) is 71.0 Å². The number of nitrogens with one attached hydrogen (secondary N) is 2. The molecule has 0 aromatic heterocycles. The third-order valence-electron chi connectivity index (χ3n) is 9.02. The highest BCUT2D eigenvalue weighted by atomic mass is 32.2. The summed E-state index contributed by atoms with van der Waals surface area (Å²) in [5.41, 5.74) is 13.0. The first kappa shape index (κ1) is 36.8. The SMILES string of the molecule is Nc1ccccc1NC(=O)CCCCC(=O)NCc1cccc(-c2ccc(C3OC(CSc4ccccc4)CC(c4ccc(CO)cc4)O3)cc2)c1. The second-order valence-electron chi connectivity index (χ2n) is 12.9. The molecule has 0 saturated carbocycles. The number of benzene rings is 5. The van der Waals surface area contributed by atoms with E-state index in [1.807, 2.05) is 66.7 Å². The van der Waals surface area contributed by atoms with Crippen LogP contribution in [-0.2, 0) is 32.2 Å². The van der Waals surface area contributed by atoms with E-state index in [9.17, 15) is 14.7 Å². The summed E-state index contributed by atoms with van der Waals surface area (Å²) in [6.45, 7) is 0.429. The minimum atomic E-state index is -0.523. The fourth-order valence-electron chi connectivity index (χ4n) is 6.11. The molecule has 5 aromatic rings. The van der Waals surface area contributed by atoms with Gasteiger partial charge in [0.15, 0.2) is 6.29 Å². The van der Waals surface area contributed by atoms with Crippen LogP contribution in [0.25, 0.3) is 11.1 Å². The van der Waals surface area contributed by atoms with Gasteiger partial charge in [-0.1, -0.05) is 97.1 Å². The third-order valence-corrected chi connectivity index (χ3v) is 10.2. The number of hydrogen-bond donors (Lipinski definition) is 4. The van der Waals surface area contributed by atoms with Gasteiger partial charge in [0.1, 0.15) is 0 Å². The second-order valence-corrected chi connectivity index (χ2v) is 14.0. The molecule has 0 radical (unpaired) electrons. The molecule has 8 nitrogen and oxygen atoms in total. The van der Waals surface area contributed by atoms with Crippen LogP contribution in [0.1, 0.15) is 66.8 Å². The lowest BCUT2D eigenvalue weighted by atomic mass is 9.99. The number of carbonyl (C=O) groups excluding carboxylic acids is 2. The zero-order chi connectivity index (χ0) is 36.1. The van der Waals surface area contributed by atoms with E-state index in [1.54, 1.807) is 23.9 Å². The predicted octanol–water partition coefficient (Wildman–Crippen LogP) is 8.58. The maximum atomic E-state index is 12.6. The molecule has 1 aliphatic rings. The van der Waals surface area contributed by atoms with E-state index in [0.29, 0.717) is 43.6 Å². The first-order chi connectivity index (χ1) is 25.4. The van der Waals surface area contributed by atoms with E-state index in [1.165, 1.54) is 4.90 Å². The topological polar surface area (TPSA) is 123 Å². The number of aliphatic hydroxyl groups is 1. The molecule has 52 heavy (non-hydrogen) atoms. The van der Waals surface area contributed by atoms with E-state index in [0.717, 1.165) is 45.6 Å². The molecule has 5 aromatic carbocycles. The average Bonchev–Trinajstić information content (AvgIpc) is 3.19. The molecule has 1 saturated heterocycles. The Morgan fingerprint density at radius 3 is 2.19 bits per heavy atom. The number of aliphatic hydroxyl groups excluding tert-OH is 1. The van der Waals surface area contributed by atoms with Crippen molar-refractivity contribution in [2.45, 2.75) is 68.6 Å². The molecule has 3 atom stereocenters. The van der Waals surface area contributed by atoms with Gasteiger partial charge in [-0.2, -0.15) is 0 Å². The Balaban J connectivity index is 1.02. The quantitative estimate of drug-likeness (QED) is 0.0487. The number of hydrogen-bond acceptors (Lipinski definition) is 7. The van der Waals surface area contributed by atoms with Crippen LogP contribution in [0, 0.1) is 0 Å². The number of amides is 2. The summed E-state index contributed by atoms with van der Waals surface area (Å²) in [4.78, 5) is 26.0. The Bertz CT molecular complexity index is 1900. The molecule has 5 N–H and O–H groups in total. The first-order valence-electron chi connectivity index (χ1n) is 17.7. The maximum Gasteiger partial charge on any atom is 0.224 e. The number of para-hydroxylation sites is 2. The van der Waals surface area contributed by atoms with Crippen molar-refractivity contribution in [2.24, 2.45) is 0 Å². The van der Waals surface area contributed by atoms with Crippen molar-refractivity contribution in [1.29, 1.82) is 0 Å². The van der Waals surface area contributed by atoms with Gasteiger partial charge >= 0.3 is 0 Å². The number of nitrogens with two attached hydrogens (primary N) is 1. The highest BCUT2D eigenvalue weighted by Gasteiger charge is 2.32. The molecule has 1 fully saturated rings. The molecule has 0 bridgehead atoms. The summed E-state index contributed by atoms with van der Waals surface area (Å²) >= 11 is 1.78. The smallest absolute Gasteiger partial charge is 0.224 e. The molecule has 0 spiro atoms. The van der Waals surface area contributed by atoms with Gasteiger partial charge in [-0.25, -0.2) is 0 Å². The molecule has 2 amide bonds. The van der Waals surface area contributed by atoms with Crippen molar-refractivity contribution in [2.75, 3.05) is 16.8 Å². The highest BCUT2D eigenvalue weighted by molar-refractivity contribution is 7.99. The standard InChI is InChI=1S/C43H45N3O5S/c44-38-13-4-5-14-39(38)46-42(49)16-7-6-15-41(48)45-27-31-9-8-10-35(25-31)32-21-23-34(24-22-32)43-50-36(29-52-37-11-2-1-3-12-37)26-40(51-43)33-19-17-30(28-47)18-20-33/h1-5,8-14,17-25,36,40,43,47H,6-7,15-16,26-29,44H2,(H,45,48)(H,46,49). The number of unbranched alkanes of at least 4 members (excludes halogenated alkanes) is 1. The number of nitrogen functional groups attached to an aromatic ring is 1. The first-order valence-corrected chi connectivity index (χ1v) is 18.7. The lowest BCUT2D eigenvalue weighted by Gasteiger charge is -2.36. The molecule has 1 aliphatic heterocycles. The van der Waals surface area contributed by atoms with Gasteiger partial charge in [-0.3, -0.25) is 9.59 Å². The summed E-state index contributed by atoms with van der Waals surface area (Å²) in [5.74, 6) is 0.648. The van der Waals surface area contributed by atoms with Gasteiger partial charge < -0.3 is 30.9 Å². The molecule has 9 heteroatoms. The van der Waals surface area contributed by atoms with Crippen LogP contribution in [-0.4, -0.2) is 28.8 Å². The van der Waals surface area contributed by atoms with Crippen molar-refractivity contribution in [3.8, 4) is 11.1 Å². The summed E-state index contributed by atoms with van der Waals surface area (Å²) in [5, 5.41) is 15.4. The van der Waals surface area contributed by atoms with Crippen molar-refractivity contribution in [1.82, 2.24) is 5.32 Å². The second kappa shape index (κ2) is 18.5. The van der Waals surface area contributed by atoms with Gasteiger partial charge in [-0.15, -0.1) is 11.8 Å². The van der Waals surface area contributed by atoms with Gasteiger partial charge in [0.2, 0.25) is 11.8 Å². The Hall–Kier alpha value is -4.93. The maximum absolute atomic E-state index is 12.6. The van der Waals surface area contributed by atoms with E-state index < -0.39 is 6.29 Å². The molecule has 0 aliphatic carbocycles. The minimum Gasteiger partial charge on any atom is -0.397 e. The number of ether oxygens (including phenoxy) is 2. The fourth-order valence-corrected chi connectivity index (χ4v) is 7.05. The highest BCUT2D eigenvalue weighted by Crippen LogP contribution is 2.40. The van der Waals surface area contributed by atoms with Crippen LogP contribution in [0.2, 0.25) is 0 Å². The van der Waals surface area contributed by atoms with Gasteiger partial charge in [0.05, 0.1) is 30.2 Å². The minimum absolute atomic E-state index is 0.00728. The van der Waals surface area contributed by atoms with Crippen molar-refractivity contribution < 1.29 is 24.2 Å². The Labute approximate surface area is 309 Å². The van der Waals surface area contributed by atoms with Crippen LogP contribution in [0.3, 0.4) is 0 Å². The van der Waals surface area contributed by atoms with E-state index in [4.69, 9.17) is 15.2 Å². The molecule has 268 valence electrons. The lowest BCUT2D eigenvalue weighted by molar-refractivity contribution is -0.245. The van der Waals surface area contributed by atoms with Crippen LogP contribution in [0.15, 0.2) is 132 Å². The van der Waals surface area contributed by atoms with E-state index >= 15 is 0 Å². The fraction of sp³-hybridized carbons (Fsp3) is 0.256. The summed E-state index contributed by atoms with van der Waals surface area (Å²) < 4.78 is 13.1. The van der Waals surface area contributed by atoms with Crippen LogP contribution < -0.4 is 16.4 Å². The lowest BCUT2D eigenvalue weighted by Crippen LogP contribution is -2.31. The molecular weight excluding hydrogens is 671 g/mol. The van der Waals surface area contributed by atoms with Crippen molar-refractivity contribution in [3.05, 3.63) is 150 Å². The zero-order valence-corrected chi connectivity index (χ0v) is 29.9. The summed E-state index contributed by atoms with van der Waals surface area (Å²) in [6.07, 6.45) is 1.97. The number of rotatable bonds is 15. The van der Waals surface area contributed by atoms with E-state index in [2.05, 4.69) is 59.2 Å². The molecule has 3 unspecified atom stereocenters. The summed E-state index contributed by atoms with van der Waals surface area (Å²) in [7, 11) is 0. The van der Waals surface area contributed by atoms with Crippen molar-refractivity contribution >= 4 is 35.0 Å². The average molecular weight is 716 g/mol. The molecule has 6 rings (SSSR count). The van der Waals surface area contributed by atoms with Gasteiger partial charge in [0, 0.05) is 42.0 Å². The van der Waals surface area contributed by atoms with Crippen molar-refractivity contribution in [3.63, 3.8) is 0 Å². The predicted molar refractivity (Wildman–Crippen MR) is 207 cm³/mol. The Morgan fingerprint density at radius 1 is 0.731 bits per heavy atom. The zero-order valence-electron chi connectivity index (χ0n) is 29.1. The monoisotopic (exact) mass is 715 g/mol. The summed E-state index contributed by atoms with van der Waals surface area (Å²) in [6, 6.07) is 41.9. The van der Waals surface area contributed by atoms with Crippen LogP contribution in [0.4, 0.5) is 11.4 Å². The van der Waals surface area contributed by atoms with Gasteiger partial charge in [0.25, 0.3) is 0 Å². The third kappa shape index (κ3) is 10.6. The molecular formula is C43H45N3O5S. The number of anilines is 2. The normalized spacial score (nSPS) is 17.0. The van der Waals surface area contributed by atoms with Crippen LogP contribution in [0.5, 0.6) is 0 Å². The van der Waals surface area contributed by atoms with Crippen LogP contribution >= 0.6 is 11.8 Å². The van der Waals surface area contributed by atoms with E-state index in [-0.39, 0.29) is 30.6 Å². The Morgan fingerprint density at radius 2 is 1.44 bits per heavy atom.